The van der Waals surface area contributed by atoms with E-state index in [0.717, 1.165) is 6.26 Å². The quantitative estimate of drug-likeness (QED) is 0.656. The molecular weight excluding hydrogens is 208 g/mol. The number of rotatable bonds is 1. The first-order chi connectivity index (χ1) is 6.48. The van der Waals surface area contributed by atoms with Gasteiger partial charge in [-0.2, -0.15) is 5.10 Å². The number of nitrogens with zero attached hydrogens (tertiary/aromatic N) is 2. The van der Waals surface area contributed by atoms with Crippen LogP contribution in [-0.2, 0) is 16.4 Å². The van der Waals surface area contributed by atoms with Crippen LogP contribution in [0.2, 0.25) is 0 Å². The van der Waals surface area contributed by atoms with E-state index in [4.69, 9.17) is 4.74 Å². The molecule has 0 radical (unpaired) electrons. The number of hydrogen-bond acceptors (Lipinski definition) is 5. The summed E-state index contributed by atoms with van der Waals surface area (Å²) in [6, 6.07) is 0. The van der Waals surface area contributed by atoms with Gasteiger partial charge in [-0.05, 0) is 0 Å². The van der Waals surface area contributed by atoms with Crippen LogP contribution >= 0.6 is 0 Å². The highest BCUT2D eigenvalue weighted by Crippen LogP contribution is 2.26. The molecule has 1 unspecified atom stereocenters. The van der Waals surface area contributed by atoms with Gasteiger partial charge in [0.2, 0.25) is 5.88 Å². The normalized spacial score (nSPS) is 21.4. The zero-order chi connectivity index (χ0) is 10.3. The van der Waals surface area contributed by atoms with Gasteiger partial charge in [-0.25, -0.2) is 13.1 Å². The molecule has 1 aliphatic heterocycles. The molecule has 14 heavy (non-hydrogen) atoms. The summed E-state index contributed by atoms with van der Waals surface area (Å²) >= 11 is 0. The Labute approximate surface area is 81.0 Å². The fourth-order valence-electron chi connectivity index (χ4n) is 1.31. The summed E-state index contributed by atoms with van der Waals surface area (Å²) in [4.78, 5) is 0.0735. The fraction of sp³-hybridized carbons (Fsp3) is 0.571. The summed E-state index contributed by atoms with van der Waals surface area (Å²) in [5, 5.41) is 13.1. The van der Waals surface area contributed by atoms with Crippen LogP contribution in [-0.4, -0.2) is 42.3 Å². The van der Waals surface area contributed by atoms with Gasteiger partial charge in [-0.1, -0.05) is 0 Å². The smallest absolute Gasteiger partial charge is 0.231 e. The van der Waals surface area contributed by atoms with Gasteiger partial charge in [0.25, 0.3) is 0 Å². The number of aliphatic hydroxyl groups is 1. The Hall–Kier alpha value is -1.08. The van der Waals surface area contributed by atoms with E-state index >= 15 is 0 Å². The van der Waals surface area contributed by atoms with Crippen LogP contribution in [0.25, 0.3) is 0 Å². The maximum absolute atomic E-state index is 11.3. The lowest BCUT2D eigenvalue weighted by molar-refractivity contribution is 0.0538. The van der Waals surface area contributed by atoms with E-state index in [1.54, 1.807) is 0 Å². The van der Waals surface area contributed by atoms with E-state index in [0.29, 0.717) is 0 Å². The summed E-state index contributed by atoms with van der Waals surface area (Å²) in [7, 11) is -3.31. The van der Waals surface area contributed by atoms with Crippen LogP contribution in [0.3, 0.4) is 0 Å². The summed E-state index contributed by atoms with van der Waals surface area (Å²) in [6.45, 7) is 0.374. The maximum Gasteiger partial charge on any atom is 0.231 e. The number of aromatic nitrogens is 2. The van der Waals surface area contributed by atoms with Gasteiger partial charge in [0, 0.05) is 6.26 Å². The Balaban J connectivity index is 2.49. The van der Waals surface area contributed by atoms with E-state index < -0.39 is 15.9 Å². The Morgan fingerprint density at radius 1 is 1.71 bits per heavy atom. The van der Waals surface area contributed by atoms with Gasteiger partial charge in [-0.15, -0.1) is 0 Å². The third-order valence-electron chi connectivity index (χ3n) is 1.96. The lowest BCUT2D eigenvalue weighted by Crippen LogP contribution is -2.30. The molecule has 1 aromatic heterocycles. The van der Waals surface area contributed by atoms with Gasteiger partial charge in [0.05, 0.1) is 12.7 Å². The molecule has 0 aliphatic carbocycles. The molecule has 1 aliphatic rings. The molecule has 1 aromatic rings. The molecule has 0 saturated carbocycles. The lowest BCUT2D eigenvalue weighted by Gasteiger charge is -2.20. The molecule has 0 bridgehead atoms. The Bertz CT molecular complexity index is 450. The number of fused-ring (bicyclic) bond motifs is 1. The molecule has 0 saturated heterocycles. The van der Waals surface area contributed by atoms with Crippen molar-refractivity contribution in [2.75, 3.05) is 12.9 Å². The van der Waals surface area contributed by atoms with Crippen LogP contribution < -0.4 is 4.74 Å². The van der Waals surface area contributed by atoms with Crippen LogP contribution in [0.1, 0.15) is 0 Å². The molecule has 7 heteroatoms. The van der Waals surface area contributed by atoms with E-state index in [-0.39, 0.29) is 23.9 Å². The Kier molecular flexibility index (Phi) is 2.00. The van der Waals surface area contributed by atoms with Gasteiger partial charge in [0.15, 0.2) is 9.84 Å². The van der Waals surface area contributed by atoms with Crippen molar-refractivity contribution in [3.8, 4) is 5.88 Å². The van der Waals surface area contributed by atoms with Gasteiger partial charge < -0.3 is 9.84 Å². The maximum atomic E-state index is 11.3. The van der Waals surface area contributed by atoms with Crippen molar-refractivity contribution >= 4 is 9.84 Å². The number of aliphatic hydroxyl groups excluding tert-OH is 1. The number of ether oxygens (including phenoxy) is 1. The molecule has 2 rings (SSSR count). The largest absolute Gasteiger partial charge is 0.474 e. The summed E-state index contributed by atoms with van der Waals surface area (Å²) in [5.74, 6) is 0.220. The second kappa shape index (κ2) is 2.96. The molecule has 0 aromatic carbocycles. The summed E-state index contributed by atoms with van der Waals surface area (Å²) in [5.41, 5.74) is 0. The predicted molar refractivity (Wildman–Crippen MR) is 46.8 cm³/mol. The minimum atomic E-state index is -3.31. The van der Waals surface area contributed by atoms with Gasteiger partial charge in [0.1, 0.15) is 17.6 Å². The van der Waals surface area contributed by atoms with Crippen LogP contribution in [0.4, 0.5) is 0 Å². The van der Waals surface area contributed by atoms with Crippen molar-refractivity contribution in [1.82, 2.24) is 9.78 Å². The van der Waals surface area contributed by atoms with Crippen molar-refractivity contribution in [3.05, 3.63) is 6.20 Å². The van der Waals surface area contributed by atoms with Crippen LogP contribution in [0, 0.1) is 0 Å². The van der Waals surface area contributed by atoms with Crippen molar-refractivity contribution in [1.29, 1.82) is 0 Å². The molecule has 1 N–H and O–H groups in total. The van der Waals surface area contributed by atoms with Gasteiger partial charge in [-0.3, -0.25) is 0 Å². The standard InChI is InChI=1S/C7H10N2O4S/c1-14(11,12)6-2-8-9-3-5(10)4-13-7(6)9/h2,5,10H,3-4H2,1H3. The molecular formula is C7H10N2O4S. The molecule has 0 amide bonds. The SMILES string of the molecule is CS(=O)(=O)c1cnn2c1OCC(O)C2. The number of sulfone groups is 1. The zero-order valence-electron chi connectivity index (χ0n) is 7.54. The molecule has 1 atom stereocenters. The molecule has 6 nitrogen and oxygen atoms in total. The Morgan fingerprint density at radius 2 is 2.43 bits per heavy atom. The van der Waals surface area contributed by atoms with E-state index in [2.05, 4.69) is 5.10 Å². The first-order valence-corrected chi connectivity index (χ1v) is 5.94. The number of hydrogen-bond donors (Lipinski definition) is 1. The molecule has 78 valence electrons. The second-order valence-electron chi connectivity index (χ2n) is 3.23. The zero-order valence-corrected chi connectivity index (χ0v) is 8.36. The third-order valence-corrected chi connectivity index (χ3v) is 3.03. The van der Waals surface area contributed by atoms with Gasteiger partial charge >= 0.3 is 0 Å². The van der Waals surface area contributed by atoms with E-state index in [1.807, 2.05) is 0 Å². The van der Waals surface area contributed by atoms with Crippen LogP contribution in [0.5, 0.6) is 5.88 Å². The van der Waals surface area contributed by atoms with Crippen molar-refractivity contribution < 1.29 is 18.3 Å². The van der Waals surface area contributed by atoms with Crippen molar-refractivity contribution in [2.45, 2.75) is 17.5 Å². The average Bonchev–Trinajstić information content (AvgIpc) is 2.45. The first-order valence-electron chi connectivity index (χ1n) is 4.05. The molecule has 2 heterocycles. The fourth-order valence-corrected chi connectivity index (χ4v) is 2.03. The van der Waals surface area contributed by atoms with Crippen molar-refractivity contribution in [3.63, 3.8) is 0 Å². The highest BCUT2D eigenvalue weighted by Gasteiger charge is 2.26. The lowest BCUT2D eigenvalue weighted by atomic mass is 10.3. The summed E-state index contributed by atoms with van der Waals surface area (Å²) in [6.07, 6.45) is 1.71. The van der Waals surface area contributed by atoms with E-state index in [1.165, 1.54) is 10.9 Å². The monoisotopic (exact) mass is 218 g/mol. The average molecular weight is 218 g/mol. The van der Waals surface area contributed by atoms with Crippen molar-refractivity contribution in [2.24, 2.45) is 0 Å². The predicted octanol–water partition coefficient (Wildman–Crippen LogP) is -0.960. The molecule has 0 fully saturated rings. The summed E-state index contributed by atoms with van der Waals surface area (Å²) < 4.78 is 29.0. The Morgan fingerprint density at radius 3 is 3.07 bits per heavy atom. The van der Waals surface area contributed by atoms with E-state index in [9.17, 15) is 13.5 Å². The topological polar surface area (TPSA) is 81.4 Å². The third kappa shape index (κ3) is 1.48. The minimum Gasteiger partial charge on any atom is -0.474 e. The molecule has 0 spiro atoms. The first kappa shape index (κ1) is 9.47. The minimum absolute atomic E-state index is 0.0735. The van der Waals surface area contributed by atoms with Crippen LogP contribution in [0.15, 0.2) is 11.1 Å². The highest BCUT2D eigenvalue weighted by atomic mass is 32.2. The second-order valence-corrected chi connectivity index (χ2v) is 5.22. The highest BCUT2D eigenvalue weighted by molar-refractivity contribution is 7.90.